The van der Waals surface area contributed by atoms with Gasteiger partial charge in [0.2, 0.25) is 0 Å². The molecule has 0 unspecified atom stereocenters. The van der Waals surface area contributed by atoms with Crippen LogP contribution in [0.5, 0.6) is 0 Å². The molecule has 17 heavy (non-hydrogen) atoms. The van der Waals surface area contributed by atoms with Crippen LogP contribution in [-0.2, 0) is 0 Å². The summed E-state index contributed by atoms with van der Waals surface area (Å²) in [6, 6.07) is 11.7. The summed E-state index contributed by atoms with van der Waals surface area (Å²) in [7, 11) is 0. The van der Waals surface area contributed by atoms with E-state index in [1.165, 1.54) is 0 Å². The molecule has 0 radical (unpaired) electrons. The van der Waals surface area contributed by atoms with Crippen molar-refractivity contribution in [3.8, 4) is 0 Å². The van der Waals surface area contributed by atoms with Gasteiger partial charge in [0.05, 0.1) is 0 Å². The molecule has 0 aliphatic carbocycles. The minimum absolute atomic E-state index is 0.761. The maximum absolute atomic E-state index is 6.09. The lowest BCUT2D eigenvalue weighted by molar-refractivity contribution is 1.41. The highest BCUT2D eigenvalue weighted by molar-refractivity contribution is 6.31. The molecule has 2 aromatic carbocycles. The van der Waals surface area contributed by atoms with Gasteiger partial charge in [0.25, 0.3) is 0 Å². The molecule has 0 aromatic heterocycles. The Hall–Kier alpha value is -1.67. The summed E-state index contributed by atoms with van der Waals surface area (Å²) < 4.78 is 0. The van der Waals surface area contributed by atoms with Crippen molar-refractivity contribution in [2.75, 3.05) is 11.1 Å². The lowest BCUT2D eigenvalue weighted by atomic mass is 10.1. The van der Waals surface area contributed by atoms with Crippen LogP contribution in [0.15, 0.2) is 36.4 Å². The smallest absolute Gasteiger partial charge is 0.0455 e. The van der Waals surface area contributed by atoms with Crippen molar-refractivity contribution < 1.29 is 0 Å². The van der Waals surface area contributed by atoms with Crippen LogP contribution in [0.3, 0.4) is 0 Å². The van der Waals surface area contributed by atoms with Crippen molar-refractivity contribution in [1.82, 2.24) is 0 Å². The quantitative estimate of drug-likeness (QED) is 0.776. The summed E-state index contributed by atoms with van der Waals surface area (Å²) in [6.45, 7) is 3.98. The van der Waals surface area contributed by atoms with Crippen molar-refractivity contribution in [2.45, 2.75) is 13.8 Å². The Labute approximate surface area is 106 Å². The first-order chi connectivity index (χ1) is 8.08. The fraction of sp³-hybridized carbons (Fsp3) is 0.143. The summed E-state index contributed by atoms with van der Waals surface area (Å²) in [4.78, 5) is 0. The van der Waals surface area contributed by atoms with Gasteiger partial charge in [-0.1, -0.05) is 23.7 Å². The van der Waals surface area contributed by atoms with E-state index in [9.17, 15) is 0 Å². The number of nitrogens with one attached hydrogen (secondary N) is 1. The number of aryl methyl sites for hydroxylation is 1. The molecular formula is C14H15ClN2. The molecule has 0 aliphatic rings. The van der Waals surface area contributed by atoms with Gasteiger partial charge in [0.15, 0.2) is 0 Å². The number of nitrogen functional groups attached to an aromatic ring is 1. The second kappa shape index (κ2) is 4.68. The van der Waals surface area contributed by atoms with Crippen LogP contribution in [0.1, 0.15) is 11.1 Å². The number of benzene rings is 2. The monoisotopic (exact) mass is 246 g/mol. The van der Waals surface area contributed by atoms with Crippen molar-refractivity contribution in [3.05, 3.63) is 52.5 Å². The molecule has 0 atom stereocenters. The van der Waals surface area contributed by atoms with Crippen LogP contribution in [0.2, 0.25) is 5.02 Å². The Morgan fingerprint density at radius 1 is 1.12 bits per heavy atom. The molecule has 0 saturated carbocycles. The topological polar surface area (TPSA) is 38.0 Å². The fourth-order valence-electron chi connectivity index (χ4n) is 1.62. The zero-order valence-electron chi connectivity index (χ0n) is 9.92. The van der Waals surface area contributed by atoms with Gasteiger partial charge < -0.3 is 11.1 Å². The van der Waals surface area contributed by atoms with Crippen LogP contribution in [0.4, 0.5) is 17.1 Å². The standard InChI is InChI=1S/C14H15ClN2/c1-9-6-7-11(8-12(9)15)17-14-5-3-4-13(16)10(14)2/h3-8,17H,16H2,1-2H3. The van der Waals surface area contributed by atoms with Gasteiger partial charge in [-0.2, -0.15) is 0 Å². The molecule has 88 valence electrons. The molecular weight excluding hydrogens is 232 g/mol. The Morgan fingerprint density at radius 2 is 1.88 bits per heavy atom. The normalized spacial score (nSPS) is 10.3. The molecule has 2 rings (SSSR count). The van der Waals surface area contributed by atoms with Crippen molar-refractivity contribution >= 4 is 28.7 Å². The summed E-state index contributed by atoms with van der Waals surface area (Å²) >= 11 is 6.09. The van der Waals surface area contributed by atoms with Gasteiger partial charge in [-0.3, -0.25) is 0 Å². The number of hydrogen-bond acceptors (Lipinski definition) is 2. The third-order valence-electron chi connectivity index (χ3n) is 2.83. The van der Waals surface area contributed by atoms with Crippen molar-refractivity contribution in [2.24, 2.45) is 0 Å². The number of rotatable bonds is 2. The van der Waals surface area contributed by atoms with E-state index in [0.29, 0.717) is 0 Å². The highest BCUT2D eigenvalue weighted by Crippen LogP contribution is 2.27. The first kappa shape index (κ1) is 11.8. The molecule has 2 aromatic rings. The summed E-state index contributed by atoms with van der Waals surface area (Å²) in [6.07, 6.45) is 0. The molecule has 3 heteroatoms. The Bertz CT molecular complexity index is 550. The Morgan fingerprint density at radius 3 is 2.59 bits per heavy atom. The van der Waals surface area contributed by atoms with Crippen molar-refractivity contribution in [1.29, 1.82) is 0 Å². The Balaban J connectivity index is 2.31. The molecule has 0 heterocycles. The lowest BCUT2D eigenvalue weighted by Crippen LogP contribution is -1.97. The number of hydrogen-bond donors (Lipinski definition) is 2. The van der Waals surface area contributed by atoms with Crippen LogP contribution in [0, 0.1) is 13.8 Å². The molecule has 0 saturated heterocycles. The average Bonchev–Trinajstić information content (AvgIpc) is 2.30. The number of halogens is 1. The van der Waals surface area contributed by atoms with E-state index in [4.69, 9.17) is 17.3 Å². The predicted octanol–water partition coefficient (Wildman–Crippen LogP) is 4.28. The third kappa shape index (κ3) is 2.53. The number of nitrogens with two attached hydrogens (primary N) is 1. The van der Waals surface area contributed by atoms with E-state index < -0.39 is 0 Å². The highest BCUT2D eigenvalue weighted by atomic mass is 35.5. The van der Waals surface area contributed by atoms with E-state index >= 15 is 0 Å². The minimum Gasteiger partial charge on any atom is -0.398 e. The molecule has 3 N–H and O–H groups in total. The highest BCUT2D eigenvalue weighted by Gasteiger charge is 2.02. The summed E-state index contributed by atoms with van der Waals surface area (Å²) in [5.74, 6) is 0. The molecule has 0 fully saturated rings. The van der Waals surface area contributed by atoms with E-state index in [1.54, 1.807) is 0 Å². The van der Waals surface area contributed by atoms with Gasteiger partial charge >= 0.3 is 0 Å². The molecule has 0 aliphatic heterocycles. The van der Waals surface area contributed by atoms with Crippen LogP contribution in [-0.4, -0.2) is 0 Å². The van der Waals surface area contributed by atoms with Gasteiger partial charge in [-0.05, 0) is 49.2 Å². The SMILES string of the molecule is Cc1ccc(Nc2cccc(N)c2C)cc1Cl. The van der Waals surface area contributed by atoms with E-state index in [-0.39, 0.29) is 0 Å². The second-order valence-electron chi connectivity index (χ2n) is 4.11. The van der Waals surface area contributed by atoms with Gasteiger partial charge in [-0.15, -0.1) is 0 Å². The van der Waals surface area contributed by atoms with E-state index in [2.05, 4.69) is 5.32 Å². The van der Waals surface area contributed by atoms with Crippen LogP contribution < -0.4 is 11.1 Å². The maximum Gasteiger partial charge on any atom is 0.0455 e. The van der Waals surface area contributed by atoms with Gasteiger partial charge in [-0.25, -0.2) is 0 Å². The molecule has 0 amide bonds. The maximum atomic E-state index is 6.09. The average molecular weight is 247 g/mol. The van der Waals surface area contributed by atoms with Crippen LogP contribution in [0.25, 0.3) is 0 Å². The summed E-state index contributed by atoms with van der Waals surface area (Å²) in [5.41, 5.74) is 10.7. The molecule has 2 nitrogen and oxygen atoms in total. The van der Waals surface area contributed by atoms with Crippen LogP contribution >= 0.6 is 11.6 Å². The lowest BCUT2D eigenvalue weighted by Gasteiger charge is -2.12. The van der Waals surface area contributed by atoms with Gasteiger partial charge in [0, 0.05) is 22.1 Å². The first-order valence-electron chi connectivity index (χ1n) is 5.46. The van der Waals surface area contributed by atoms with Gasteiger partial charge in [0.1, 0.15) is 0 Å². The molecule has 0 bridgehead atoms. The third-order valence-corrected chi connectivity index (χ3v) is 3.23. The predicted molar refractivity (Wildman–Crippen MR) is 75.1 cm³/mol. The fourth-order valence-corrected chi connectivity index (χ4v) is 1.80. The zero-order chi connectivity index (χ0) is 12.4. The number of anilines is 3. The van der Waals surface area contributed by atoms with E-state index in [0.717, 1.165) is 33.2 Å². The molecule has 0 spiro atoms. The largest absolute Gasteiger partial charge is 0.398 e. The second-order valence-corrected chi connectivity index (χ2v) is 4.52. The van der Waals surface area contributed by atoms with Crippen molar-refractivity contribution in [3.63, 3.8) is 0 Å². The first-order valence-corrected chi connectivity index (χ1v) is 5.84. The zero-order valence-corrected chi connectivity index (χ0v) is 10.7. The summed E-state index contributed by atoms with van der Waals surface area (Å²) in [5, 5.41) is 4.08. The minimum atomic E-state index is 0.761. The van der Waals surface area contributed by atoms with E-state index in [1.807, 2.05) is 50.2 Å². The Kier molecular flexibility index (Phi) is 3.25.